The minimum atomic E-state index is -0.163. The first kappa shape index (κ1) is 15.3. The van der Waals surface area contributed by atoms with Gasteiger partial charge >= 0.3 is 0 Å². The fourth-order valence-corrected chi connectivity index (χ4v) is 7.67. The fourth-order valence-electron chi connectivity index (χ4n) is 7.67. The van der Waals surface area contributed by atoms with Crippen LogP contribution in [0.3, 0.4) is 0 Å². The first-order valence-corrected chi connectivity index (χ1v) is 9.74. The van der Waals surface area contributed by atoms with E-state index in [4.69, 9.17) is 4.74 Å². The van der Waals surface area contributed by atoms with E-state index in [0.717, 1.165) is 32.1 Å². The maximum absolute atomic E-state index is 12.7. The highest BCUT2D eigenvalue weighted by molar-refractivity contribution is 5.89. The lowest BCUT2D eigenvalue weighted by Crippen LogP contribution is -2.58. The first-order valence-electron chi connectivity index (χ1n) is 9.74. The van der Waals surface area contributed by atoms with Crippen LogP contribution in [0.1, 0.15) is 58.8 Å². The Morgan fingerprint density at radius 3 is 2.71 bits per heavy atom. The number of hydrogen-bond donors (Lipinski definition) is 0. The Morgan fingerprint density at radius 2 is 1.96 bits per heavy atom. The standard InChI is InChI=1S/C21H28O3/c1-4-12-11-16(23)19(2)8-6-14-13(17(12)19)5-10-21-18(24-21)15(22)7-9-20(14,21)3/h4,12-14,17-18H,1,5-11H2,2-3H3/t12-,13+,14-,17-,18?,19+,20+,21?/m0/s1. The van der Waals surface area contributed by atoms with E-state index < -0.39 is 0 Å². The Kier molecular flexibility index (Phi) is 2.81. The van der Waals surface area contributed by atoms with Crippen molar-refractivity contribution in [3.8, 4) is 0 Å². The summed E-state index contributed by atoms with van der Waals surface area (Å²) in [6, 6.07) is 0. The normalized spacial score (nSPS) is 58.3. The van der Waals surface area contributed by atoms with E-state index in [0.29, 0.717) is 48.1 Å². The molecule has 1 heterocycles. The van der Waals surface area contributed by atoms with Crippen LogP contribution in [0.4, 0.5) is 0 Å². The average molecular weight is 328 g/mol. The average Bonchev–Trinajstić information content (AvgIpc) is 3.25. The summed E-state index contributed by atoms with van der Waals surface area (Å²) in [4.78, 5) is 24.9. The number of ether oxygens (including phenoxy) is 1. The molecule has 0 bridgehead atoms. The predicted molar refractivity (Wildman–Crippen MR) is 90.3 cm³/mol. The van der Waals surface area contributed by atoms with Crippen molar-refractivity contribution in [2.24, 2.45) is 34.5 Å². The van der Waals surface area contributed by atoms with Gasteiger partial charge in [-0.15, -0.1) is 6.58 Å². The molecule has 0 amide bonds. The second-order valence-corrected chi connectivity index (χ2v) is 9.59. The van der Waals surface area contributed by atoms with Crippen LogP contribution in [-0.4, -0.2) is 23.3 Å². The number of epoxide rings is 1. The highest BCUT2D eigenvalue weighted by Gasteiger charge is 2.76. The zero-order valence-electron chi connectivity index (χ0n) is 14.8. The quantitative estimate of drug-likeness (QED) is 0.544. The molecule has 0 aromatic carbocycles. The number of fused-ring (bicyclic) bond motifs is 4. The third-order valence-electron chi connectivity index (χ3n) is 9.02. The fraction of sp³-hybridized carbons (Fsp3) is 0.810. The van der Waals surface area contributed by atoms with Gasteiger partial charge in [0.05, 0.1) is 0 Å². The molecule has 130 valence electrons. The van der Waals surface area contributed by atoms with Crippen molar-refractivity contribution >= 4 is 11.6 Å². The Bertz CT molecular complexity index is 653. The summed E-state index contributed by atoms with van der Waals surface area (Å²) in [6.45, 7) is 8.65. The molecule has 0 radical (unpaired) electrons. The highest BCUT2D eigenvalue weighted by atomic mass is 16.6. The van der Waals surface area contributed by atoms with E-state index in [1.165, 1.54) is 0 Å². The molecule has 3 heteroatoms. The van der Waals surface area contributed by atoms with Gasteiger partial charge in [0, 0.05) is 23.7 Å². The largest absolute Gasteiger partial charge is 0.357 e. The lowest BCUT2D eigenvalue weighted by Gasteiger charge is -2.58. The topological polar surface area (TPSA) is 46.7 Å². The van der Waals surface area contributed by atoms with E-state index in [1.54, 1.807) is 0 Å². The SMILES string of the molecule is C=C[C@H]1CC(=O)[C@@]2(C)CC[C@H]3[C@@H](CCC45OC4C(=O)CC[C@]35C)[C@H]12. The molecule has 4 aliphatic carbocycles. The number of ketones is 2. The van der Waals surface area contributed by atoms with Gasteiger partial charge in [-0.25, -0.2) is 0 Å². The summed E-state index contributed by atoms with van der Waals surface area (Å²) in [6.07, 6.45) is 8.51. The molecule has 0 aromatic heterocycles. The number of carbonyl (C=O) groups is 2. The third-order valence-corrected chi connectivity index (χ3v) is 9.02. The summed E-state index contributed by atoms with van der Waals surface area (Å²) < 4.78 is 6.11. The van der Waals surface area contributed by atoms with Crippen LogP contribution in [0, 0.1) is 34.5 Å². The lowest BCUT2D eigenvalue weighted by atomic mass is 9.44. The van der Waals surface area contributed by atoms with Gasteiger partial charge in [-0.2, -0.15) is 0 Å². The summed E-state index contributed by atoms with van der Waals surface area (Å²) in [5.41, 5.74) is -0.189. The van der Waals surface area contributed by atoms with Gasteiger partial charge in [0.2, 0.25) is 0 Å². The summed E-state index contributed by atoms with van der Waals surface area (Å²) in [5.74, 6) is 2.76. The molecule has 24 heavy (non-hydrogen) atoms. The van der Waals surface area contributed by atoms with E-state index in [9.17, 15) is 9.59 Å². The van der Waals surface area contributed by atoms with Crippen molar-refractivity contribution < 1.29 is 14.3 Å². The van der Waals surface area contributed by atoms with Crippen molar-refractivity contribution in [3.63, 3.8) is 0 Å². The second kappa shape index (κ2) is 4.41. The van der Waals surface area contributed by atoms with Crippen LogP contribution in [0.2, 0.25) is 0 Å². The molecular formula is C21H28O3. The Hall–Kier alpha value is -0.960. The van der Waals surface area contributed by atoms with Crippen LogP contribution in [0.15, 0.2) is 12.7 Å². The van der Waals surface area contributed by atoms with Gasteiger partial charge in [0.25, 0.3) is 0 Å². The van der Waals surface area contributed by atoms with Gasteiger partial charge in [-0.05, 0) is 55.8 Å². The van der Waals surface area contributed by atoms with Crippen molar-refractivity contribution in [2.75, 3.05) is 0 Å². The molecule has 1 spiro atoms. The molecule has 1 aliphatic heterocycles. The van der Waals surface area contributed by atoms with Gasteiger partial charge in [-0.1, -0.05) is 19.9 Å². The molecule has 4 saturated carbocycles. The predicted octanol–water partition coefficient (Wildman–Crippen LogP) is 3.71. The van der Waals surface area contributed by atoms with Gasteiger partial charge in [0.15, 0.2) is 5.78 Å². The maximum atomic E-state index is 12.7. The van der Waals surface area contributed by atoms with Gasteiger partial charge in [-0.3, -0.25) is 9.59 Å². The van der Waals surface area contributed by atoms with E-state index in [-0.39, 0.29) is 22.5 Å². The smallest absolute Gasteiger partial charge is 0.164 e. The van der Waals surface area contributed by atoms with Crippen LogP contribution in [0.25, 0.3) is 0 Å². The minimum Gasteiger partial charge on any atom is -0.357 e. The third kappa shape index (κ3) is 1.50. The number of carbonyl (C=O) groups excluding carboxylic acids is 2. The Labute approximate surface area is 144 Å². The molecule has 2 unspecified atom stereocenters. The highest BCUT2D eigenvalue weighted by Crippen LogP contribution is 2.72. The van der Waals surface area contributed by atoms with Crippen molar-refractivity contribution in [3.05, 3.63) is 12.7 Å². The van der Waals surface area contributed by atoms with Gasteiger partial charge in [0.1, 0.15) is 17.5 Å². The monoisotopic (exact) mass is 328 g/mol. The van der Waals surface area contributed by atoms with E-state index in [1.807, 2.05) is 6.08 Å². The zero-order chi connectivity index (χ0) is 16.9. The van der Waals surface area contributed by atoms with E-state index >= 15 is 0 Å². The number of hydrogen-bond acceptors (Lipinski definition) is 3. The summed E-state index contributed by atoms with van der Waals surface area (Å²) in [7, 11) is 0. The molecule has 5 fully saturated rings. The summed E-state index contributed by atoms with van der Waals surface area (Å²) in [5, 5.41) is 0. The number of allylic oxidation sites excluding steroid dienone is 1. The van der Waals surface area contributed by atoms with Crippen LogP contribution in [0.5, 0.6) is 0 Å². The van der Waals surface area contributed by atoms with E-state index in [2.05, 4.69) is 20.4 Å². The molecule has 5 aliphatic rings. The van der Waals surface area contributed by atoms with Crippen molar-refractivity contribution in [1.29, 1.82) is 0 Å². The van der Waals surface area contributed by atoms with Crippen molar-refractivity contribution in [1.82, 2.24) is 0 Å². The molecule has 5 rings (SSSR count). The molecule has 0 N–H and O–H groups in total. The molecule has 3 nitrogen and oxygen atoms in total. The summed E-state index contributed by atoms with van der Waals surface area (Å²) >= 11 is 0. The Morgan fingerprint density at radius 1 is 1.17 bits per heavy atom. The van der Waals surface area contributed by atoms with Crippen molar-refractivity contribution in [2.45, 2.75) is 70.5 Å². The zero-order valence-corrected chi connectivity index (χ0v) is 14.8. The van der Waals surface area contributed by atoms with Gasteiger partial charge < -0.3 is 4.74 Å². The number of Topliss-reactive ketones (excluding diaryl/α,β-unsaturated/α-hetero) is 2. The molecule has 8 atom stereocenters. The lowest BCUT2D eigenvalue weighted by molar-refractivity contribution is -0.141. The minimum absolute atomic E-state index is 0.118. The molecule has 1 saturated heterocycles. The Balaban J connectivity index is 1.54. The first-order chi connectivity index (χ1) is 11.4. The molecule has 0 aromatic rings. The second-order valence-electron chi connectivity index (χ2n) is 9.59. The van der Waals surface area contributed by atoms with Crippen LogP contribution in [-0.2, 0) is 14.3 Å². The molecular weight excluding hydrogens is 300 g/mol. The van der Waals surface area contributed by atoms with Crippen LogP contribution < -0.4 is 0 Å². The number of rotatable bonds is 1. The maximum Gasteiger partial charge on any atom is 0.164 e. The van der Waals surface area contributed by atoms with Crippen LogP contribution >= 0.6 is 0 Å².